The van der Waals surface area contributed by atoms with E-state index in [0.29, 0.717) is 16.9 Å². The summed E-state index contributed by atoms with van der Waals surface area (Å²) in [6, 6.07) is 11.2. The van der Waals surface area contributed by atoms with Crippen LogP contribution in [0.3, 0.4) is 0 Å². The molecule has 0 saturated carbocycles. The first-order chi connectivity index (χ1) is 10.8. The van der Waals surface area contributed by atoms with Gasteiger partial charge in [0, 0.05) is 11.0 Å². The second-order valence-electron chi connectivity index (χ2n) is 5.04. The van der Waals surface area contributed by atoms with Gasteiger partial charge in [0.05, 0.1) is 24.0 Å². The Kier molecular flexibility index (Phi) is 2.57. The molecular weight excluding hydrogens is 276 g/mol. The first kappa shape index (κ1) is 12.4. The lowest BCUT2D eigenvalue weighted by molar-refractivity contribution is -0.110. The minimum atomic E-state index is -0.184. The van der Waals surface area contributed by atoms with E-state index in [1.165, 1.54) is 0 Å². The van der Waals surface area contributed by atoms with Crippen molar-refractivity contribution in [3.63, 3.8) is 0 Å². The van der Waals surface area contributed by atoms with Crippen LogP contribution in [-0.4, -0.2) is 16.1 Å². The van der Waals surface area contributed by atoms with Gasteiger partial charge in [-0.25, -0.2) is 4.85 Å². The van der Waals surface area contributed by atoms with Gasteiger partial charge in [0.2, 0.25) is 5.69 Å². The molecule has 2 aromatic carbocycles. The molecule has 0 fully saturated rings. The molecule has 0 spiro atoms. The molecule has 0 aliphatic carbocycles. The molecule has 0 atom stereocenters. The largest absolute Gasteiger partial charge is 0.331 e. The molecule has 0 unspecified atom stereocenters. The van der Waals surface area contributed by atoms with Crippen molar-refractivity contribution in [1.29, 1.82) is 0 Å². The highest BCUT2D eigenvalue weighted by Crippen LogP contribution is 2.39. The number of anilines is 1. The Balaban J connectivity index is 1.86. The molecule has 1 aliphatic rings. The van der Waals surface area contributed by atoms with Crippen LogP contribution in [0.2, 0.25) is 0 Å². The number of benzene rings is 2. The van der Waals surface area contributed by atoms with Gasteiger partial charge in [0.15, 0.2) is 0 Å². The highest BCUT2D eigenvalue weighted by molar-refractivity contribution is 6.36. The number of carbonyl (C=O) groups excluding carboxylic acids is 1. The first-order valence-corrected chi connectivity index (χ1v) is 6.73. The van der Waals surface area contributed by atoms with Crippen LogP contribution in [0.4, 0.5) is 11.4 Å². The van der Waals surface area contributed by atoms with Crippen LogP contribution in [0.5, 0.6) is 0 Å². The van der Waals surface area contributed by atoms with Crippen molar-refractivity contribution in [2.75, 3.05) is 5.32 Å². The fourth-order valence-electron chi connectivity index (χ4n) is 2.65. The summed E-state index contributed by atoms with van der Waals surface area (Å²) in [6.07, 6.45) is 3.58. The number of fused-ring (bicyclic) bond motifs is 2. The van der Waals surface area contributed by atoms with Gasteiger partial charge in [-0.15, -0.1) is 0 Å². The highest BCUT2D eigenvalue weighted by atomic mass is 16.2. The van der Waals surface area contributed by atoms with Gasteiger partial charge in [-0.3, -0.25) is 9.89 Å². The molecule has 1 aliphatic heterocycles. The Morgan fingerprint density at radius 3 is 3.00 bits per heavy atom. The smallest absolute Gasteiger partial charge is 0.255 e. The summed E-state index contributed by atoms with van der Waals surface area (Å²) < 4.78 is 0. The molecule has 1 amide bonds. The maximum absolute atomic E-state index is 12.2. The predicted octanol–water partition coefficient (Wildman–Crippen LogP) is 3.61. The van der Waals surface area contributed by atoms with Gasteiger partial charge in [-0.2, -0.15) is 5.10 Å². The van der Waals surface area contributed by atoms with Crippen LogP contribution in [0, 0.1) is 6.57 Å². The number of H-pyrrole nitrogens is 1. The standard InChI is InChI=1S/C17H10N4O/c1-18-14-4-2-3-12-13(17(22)20-16(12)14)7-10-5-6-11-9-19-21-15(11)8-10/h2-9H,(H,19,21)(H,20,22). The quantitative estimate of drug-likeness (QED) is 0.530. The second-order valence-corrected chi connectivity index (χ2v) is 5.04. The summed E-state index contributed by atoms with van der Waals surface area (Å²) in [5.74, 6) is -0.184. The molecule has 5 nitrogen and oxygen atoms in total. The normalized spacial score (nSPS) is 14.9. The number of para-hydroxylation sites is 1. The number of amides is 1. The molecule has 4 rings (SSSR count). The number of rotatable bonds is 1. The molecular formula is C17H10N4O. The average molecular weight is 286 g/mol. The van der Waals surface area contributed by atoms with Crippen molar-refractivity contribution in [2.45, 2.75) is 0 Å². The van der Waals surface area contributed by atoms with Crippen molar-refractivity contribution >= 4 is 39.8 Å². The molecule has 5 heteroatoms. The van der Waals surface area contributed by atoms with E-state index < -0.39 is 0 Å². The minimum Gasteiger partial charge on any atom is -0.331 e. The third kappa shape index (κ3) is 1.79. The van der Waals surface area contributed by atoms with Crippen LogP contribution in [0.25, 0.3) is 27.4 Å². The lowest BCUT2D eigenvalue weighted by Crippen LogP contribution is -2.03. The molecule has 104 valence electrons. The Morgan fingerprint density at radius 1 is 1.23 bits per heavy atom. The van der Waals surface area contributed by atoms with Gasteiger partial charge in [0.25, 0.3) is 5.91 Å². The van der Waals surface area contributed by atoms with Gasteiger partial charge >= 0.3 is 0 Å². The zero-order valence-electron chi connectivity index (χ0n) is 11.4. The van der Waals surface area contributed by atoms with E-state index in [-0.39, 0.29) is 5.91 Å². The molecule has 0 bridgehead atoms. The lowest BCUT2D eigenvalue weighted by atomic mass is 10.0. The SMILES string of the molecule is [C-]#[N+]c1cccc2c1NC(=O)C2=Cc1ccc2cn[nH]c2c1. The fraction of sp³-hybridized carbons (Fsp3) is 0. The number of carbonyl (C=O) groups is 1. The summed E-state index contributed by atoms with van der Waals surface area (Å²) in [7, 11) is 0. The van der Waals surface area contributed by atoms with Crippen molar-refractivity contribution in [3.05, 3.63) is 65.1 Å². The zero-order valence-corrected chi connectivity index (χ0v) is 11.4. The van der Waals surface area contributed by atoms with Crippen LogP contribution in [0.1, 0.15) is 11.1 Å². The van der Waals surface area contributed by atoms with E-state index in [4.69, 9.17) is 6.57 Å². The molecule has 1 aromatic heterocycles. The first-order valence-electron chi connectivity index (χ1n) is 6.73. The fourth-order valence-corrected chi connectivity index (χ4v) is 2.65. The van der Waals surface area contributed by atoms with E-state index >= 15 is 0 Å². The highest BCUT2D eigenvalue weighted by Gasteiger charge is 2.26. The van der Waals surface area contributed by atoms with Crippen molar-refractivity contribution in [2.24, 2.45) is 0 Å². The van der Waals surface area contributed by atoms with E-state index in [1.807, 2.05) is 30.3 Å². The summed E-state index contributed by atoms with van der Waals surface area (Å²) in [6.45, 7) is 7.18. The van der Waals surface area contributed by atoms with Crippen molar-refractivity contribution in [3.8, 4) is 0 Å². The van der Waals surface area contributed by atoms with Gasteiger partial charge in [-0.05, 0) is 23.3 Å². The Labute approximate surface area is 126 Å². The Hall–Kier alpha value is -3.39. The summed E-state index contributed by atoms with van der Waals surface area (Å²) in [4.78, 5) is 15.7. The number of nitrogens with zero attached hydrogens (tertiary/aromatic N) is 2. The molecule has 0 radical (unpaired) electrons. The molecule has 2 N–H and O–H groups in total. The summed E-state index contributed by atoms with van der Waals surface area (Å²) >= 11 is 0. The molecule has 0 saturated heterocycles. The van der Waals surface area contributed by atoms with Crippen LogP contribution in [-0.2, 0) is 4.79 Å². The van der Waals surface area contributed by atoms with E-state index in [2.05, 4.69) is 20.4 Å². The van der Waals surface area contributed by atoms with Crippen LogP contribution >= 0.6 is 0 Å². The second kappa shape index (κ2) is 4.57. The van der Waals surface area contributed by atoms with Crippen molar-refractivity contribution in [1.82, 2.24) is 10.2 Å². The topological polar surface area (TPSA) is 62.1 Å². The third-order valence-corrected chi connectivity index (χ3v) is 3.71. The number of hydrogen-bond acceptors (Lipinski definition) is 2. The van der Waals surface area contributed by atoms with E-state index in [1.54, 1.807) is 18.3 Å². The van der Waals surface area contributed by atoms with E-state index in [0.717, 1.165) is 22.0 Å². The number of hydrogen-bond donors (Lipinski definition) is 2. The Morgan fingerprint density at radius 2 is 2.14 bits per heavy atom. The lowest BCUT2D eigenvalue weighted by Gasteiger charge is -2.00. The van der Waals surface area contributed by atoms with Crippen LogP contribution < -0.4 is 5.32 Å². The average Bonchev–Trinajstić information content (AvgIpc) is 3.12. The van der Waals surface area contributed by atoms with Gasteiger partial charge < -0.3 is 5.32 Å². The van der Waals surface area contributed by atoms with Crippen molar-refractivity contribution < 1.29 is 4.79 Å². The zero-order chi connectivity index (χ0) is 15.1. The maximum atomic E-state index is 12.2. The summed E-state index contributed by atoms with van der Waals surface area (Å²) in [5, 5.41) is 10.7. The molecule has 3 aromatic rings. The van der Waals surface area contributed by atoms with Gasteiger partial charge in [0.1, 0.15) is 0 Å². The van der Waals surface area contributed by atoms with Crippen LogP contribution in [0.15, 0.2) is 42.6 Å². The number of nitrogens with one attached hydrogen (secondary N) is 2. The predicted molar refractivity (Wildman–Crippen MR) is 85.3 cm³/mol. The van der Waals surface area contributed by atoms with Gasteiger partial charge in [-0.1, -0.05) is 30.3 Å². The summed E-state index contributed by atoms with van der Waals surface area (Å²) in [5.41, 5.74) is 4.21. The van der Waals surface area contributed by atoms with E-state index in [9.17, 15) is 4.79 Å². The molecule has 22 heavy (non-hydrogen) atoms. The third-order valence-electron chi connectivity index (χ3n) is 3.71. The number of aromatic nitrogens is 2. The minimum absolute atomic E-state index is 0.184. The maximum Gasteiger partial charge on any atom is 0.255 e. The number of aromatic amines is 1. The Bertz CT molecular complexity index is 991. The monoisotopic (exact) mass is 286 g/mol. The molecule has 2 heterocycles.